The van der Waals surface area contributed by atoms with Crippen LogP contribution in [0, 0.1) is 17.6 Å². The van der Waals surface area contributed by atoms with E-state index in [0.717, 1.165) is 66.0 Å². The third-order valence-electron chi connectivity index (χ3n) is 6.83. The van der Waals surface area contributed by atoms with Crippen LogP contribution in [-0.2, 0) is 30.5 Å². The van der Waals surface area contributed by atoms with Gasteiger partial charge in [0.2, 0.25) is 5.91 Å². The highest BCUT2D eigenvalue weighted by Crippen LogP contribution is 2.36. The monoisotopic (exact) mass is 463 g/mol. The minimum atomic E-state index is -0.971. The first-order valence-electron chi connectivity index (χ1n) is 11.9. The Kier molecular flexibility index (Phi) is 6.26. The van der Waals surface area contributed by atoms with Crippen molar-refractivity contribution in [2.75, 3.05) is 5.32 Å². The number of hydrogen-bond acceptors (Lipinski definition) is 4. The van der Waals surface area contributed by atoms with Gasteiger partial charge in [-0.15, -0.1) is 0 Å². The first-order chi connectivity index (χ1) is 16.5. The first-order valence-corrected chi connectivity index (χ1v) is 11.9. The van der Waals surface area contributed by atoms with Crippen LogP contribution in [0.2, 0.25) is 0 Å². The van der Waals surface area contributed by atoms with Crippen LogP contribution in [-0.4, -0.2) is 21.0 Å². The van der Waals surface area contributed by atoms with Crippen LogP contribution < -0.4 is 5.32 Å². The first kappa shape index (κ1) is 22.4. The van der Waals surface area contributed by atoms with Crippen molar-refractivity contribution in [3.8, 4) is 17.0 Å². The Balaban J connectivity index is 1.45. The Morgan fingerprint density at radius 3 is 2.62 bits per heavy atom. The number of aryl methyl sites for hydroxylation is 2. The average Bonchev–Trinajstić information content (AvgIpc) is 2.82. The van der Waals surface area contributed by atoms with Crippen LogP contribution in [0.15, 0.2) is 36.4 Å². The molecule has 2 aromatic carbocycles. The molecule has 5 nitrogen and oxygen atoms in total. The highest BCUT2D eigenvalue weighted by atomic mass is 19.2. The van der Waals surface area contributed by atoms with Crippen LogP contribution >= 0.6 is 0 Å². The molecule has 7 heteroatoms. The third kappa shape index (κ3) is 4.79. The maximum Gasteiger partial charge on any atom is 0.229 e. The zero-order valence-corrected chi connectivity index (χ0v) is 18.9. The summed E-state index contributed by atoms with van der Waals surface area (Å²) in [6.07, 6.45) is 7.95. The molecular formula is C27H27F2N3O2. The summed E-state index contributed by atoms with van der Waals surface area (Å²) in [6, 6.07) is 8.80. The molecule has 1 heterocycles. The summed E-state index contributed by atoms with van der Waals surface area (Å²) in [5.41, 5.74) is 4.78. The summed E-state index contributed by atoms with van der Waals surface area (Å²) in [7, 11) is 0. The summed E-state index contributed by atoms with van der Waals surface area (Å²) in [5, 5.41) is 12.8. The number of benzene rings is 2. The van der Waals surface area contributed by atoms with E-state index in [9.17, 15) is 18.7 Å². The Morgan fingerprint density at radius 1 is 1.00 bits per heavy atom. The zero-order chi connectivity index (χ0) is 23.7. The topological polar surface area (TPSA) is 75.1 Å². The smallest absolute Gasteiger partial charge is 0.229 e. The van der Waals surface area contributed by atoms with Crippen molar-refractivity contribution in [2.45, 2.75) is 57.8 Å². The molecule has 3 aromatic rings. The van der Waals surface area contributed by atoms with E-state index in [2.05, 4.69) is 5.32 Å². The Bertz CT molecular complexity index is 1240. The largest absolute Gasteiger partial charge is 0.508 e. The number of aromatic hydroxyl groups is 1. The highest BCUT2D eigenvalue weighted by molar-refractivity contribution is 5.92. The molecule has 176 valence electrons. The molecule has 0 unspecified atom stereocenters. The molecule has 0 aliphatic heterocycles. The number of carbonyl (C=O) groups is 1. The Labute approximate surface area is 197 Å². The number of phenolic OH excluding ortho intramolecular Hbond substituents is 1. The van der Waals surface area contributed by atoms with Crippen molar-refractivity contribution in [2.24, 2.45) is 5.92 Å². The normalized spacial score (nSPS) is 15.5. The number of anilines is 1. The van der Waals surface area contributed by atoms with Crippen LogP contribution in [0.5, 0.6) is 5.75 Å². The van der Waals surface area contributed by atoms with E-state index < -0.39 is 11.6 Å². The lowest BCUT2D eigenvalue weighted by Crippen LogP contribution is -2.21. The summed E-state index contributed by atoms with van der Waals surface area (Å²) in [5.74, 6) is -1.07. The number of rotatable bonds is 5. The second kappa shape index (κ2) is 9.49. The van der Waals surface area contributed by atoms with E-state index in [1.54, 1.807) is 12.1 Å². The number of carbonyl (C=O) groups excluding carboxylic acids is 1. The number of amides is 1. The van der Waals surface area contributed by atoms with Crippen LogP contribution in [0.3, 0.4) is 0 Å². The van der Waals surface area contributed by atoms with Gasteiger partial charge in [0.25, 0.3) is 0 Å². The van der Waals surface area contributed by atoms with Gasteiger partial charge < -0.3 is 10.4 Å². The second-order valence-corrected chi connectivity index (χ2v) is 9.34. The van der Waals surface area contributed by atoms with Gasteiger partial charge >= 0.3 is 0 Å². The molecule has 0 radical (unpaired) electrons. The molecule has 5 rings (SSSR count). The second-order valence-electron chi connectivity index (χ2n) is 9.34. The molecule has 1 amide bonds. The van der Waals surface area contributed by atoms with Crippen LogP contribution in [0.4, 0.5) is 14.6 Å². The van der Waals surface area contributed by atoms with Crippen molar-refractivity contribution in [3.05, 3.63) is 70.5 Å². The fourth-order valence-electron chi connectivity index (χ4n) is 5.08. The maximum atomic E-state index is 13.6. The zero-order valence-electron chi connectivity index (χ0n) is 18.9. The van der Waals surface area contributed by atoms with Crippen molar-refractivity contribution in [1.82, 2.24) is 9.97 Å². The summed E-state index contributed by atoms with van der Waals surface area (Å²) < 4.78 is 26.8. The lowest BCUT2D eigenvalue weighted by atomic mass is 9.85. The lowest BCUT2D eigenvalue weighted by Gasteiger charge is -2.24. The molecule has 2 aliphatic rings. The number of halogens is 2. The quantitative estimate of drug-likeness (QED) is 0.522. The molecule has 0 spiro atoms. The molecule has 0 saturated heterocycles. The minimum Gasteiger partial charge on any atom is -0.508 e. The van der Waals surface area contributed by atoms with E-state index in [-0.39, 0.29) is 18.1 Å². The van der Waals surface area contributed by atoms with Gasteiger partial charge in [-0.3, -0.25) is 4.79 Å². The molecule has 0 bridgehead atoms. The van der Waals surface area contributed by atoms with Crippen molar-refractivity contribution in [3.63, 3.8) is 0 Å². The predicted molar refractivity (Wildman–Crippen MR) is 126 cm³/mol. The van der Waals surface area contributed by atoms with Crippen LogP contribution in [0.25, 0.3) is 11.3 Å². The fourth-order valence-corrected chi connectivity index (χ4v) is 5.08. The summed E-state index contributed by atoms with van der Waals surface area (Å²) in [4.78, 5) is 22.6. The van der Waals surface area contributed by atoms with Crippen molar-refractivity contribution < 1.29 is 18.7 Å². The van der Waals surface area contributed by atoms with Gasteiger partial charge in [-0.2, -0.15) is 0 Å². The molecule has 0 atom stereocenters. The lowest BCUT2D eigenvalue weighted by molar-refractivity contribution is -0.115. The van der Waals surface area contributed by atoms with E-state index in [1.165, 1.54) is 25.3 Å². The Hall–Kier alpha value is -3.35. The van der Waals surface area contributed by atoms with Gasteiger partial charge in [0.05, 0.1) is 23.5 Å². The van der Waals surface area contributed by atoms with Gasteiger partial charge in [-0.1, -0.05) is 38.2 Å². The predicted octanol–water partition coefficient (Wildman–Crippen LogP) is 5.53. The average molecular weight is 464 g/mol. The van der Waals surface area contributed by atoms with Crippen LogP contribution in [0.1, 0.15) is 54.6 Å². The molecular weight excluding hydrogens is 436 g/mol. The number of aromatic nitrogens is 2. The maximum absolute atomic E-state index is 13.6. The van der Waals surface area contributed by atoms with Gasteiger partial charge in [0.15, 0.2) is 17.5 Å². The molecule has 2 aliphatic carbocycles. The third-order valence-corrected chi connectivity index (χ3v) is 6.83. The van der Waals surface area contributed by atoms with E-state index in [4.69, 9.17) is 9.97 Å². The number of hydrogen-bond donors (Lipinski definition) is 2. The van der Waals surface area contributed by atoms with Gasteiger partial charge in [0.1, 0.15) is 5.75 Å². The van der Waals surface area contributed by atoms with Gasteiger partial charge in [0, 0.05) is 5.56 Å². The SMILES string of the molecule is O=C(Cc1ccc(F)c(F)c1)Nc1nc2c(nc1CC1CCCCC1)-c1ccc(O)cc1CC2. The molecule has 1 aromatic heterocycles. The van der Waals surface area contributed by atoms with E-state index in [0.29, 0.717) is 23.7 Å². The summed E-state index contributed by atoms with van der Waals surface area (Å²) in [6.45, 7) is 0. The standard InChI is InChI=1S/C27H27F2N3O2/c28-21-10-6-17(12-22(21)29)14-25(34)32-27-24(13-16-4-2-1-3-5-16)30-26-20-9-8-19(33)15-18(20)7-11-23(26)31-27/h6,8-10,12,15-16,33H,1-5,7,11,13-14H2,(H,31,32,34). The minimum absolute atomic E-state index is 0.0824. The van der Waals surface area contributed by atoms with Gasteiger partial charge in [-0.25, -0.2) is 18.7 Å². The fraction of sp³-hybridized carbons (Fsp3) is 0.370. The molecule has 2 N–H and O–H groups in total. The van der Waals surface area contributed by atoms with E-state index >= 15 is 0 Å². The van der Waals surface area contributed by atoms with Crippen molar-refractivity contribution >= 4 is 11.7 Å². The molecule has 1 saturated carbocycles. The van der Waals surface area contributed by atoms with Gasteiger partial charge in [-0.05, 0) is 66.6 Å². The number of phenols is 1. The number of nitrogens with zero attached hydrogens (tertiary/aromatic N) is 2. The number of nitrogens with one attached hydrogen (secondary N) is 1. The highest BCUT2D eigenvalue weighted by Gasteiger charge is 2.25. The Morgan fingerprint density at radius 2 is 1.82 bits per heavy atom. The molecule has 1 fully saturated rings. The van der Waals surface area contributed by atoms with Crippen molar-refractivity contribution in [1.29, 1.82) is 0 Å². The summed E-state index contributed by atoms with van der Waals surface area (Å²) >= 11 is 0. The number of fused-ring (bicyclic) bond motifs is 3. The van der Waals surface area contributed by atoms with E-state index in [1.807, 2.05) is 6.07 Å². The molecule has 34 heavy (non-hydrogen) atoms.